The van der Waals surface area contributed by atoms with Crippen molar-refractivity contribution in [2.24, 2.45) is 0 Å². The summed E-state index contributed by atoms with van der Waals surface area (Å²) in [6, 6.07) is 6.51. The molecule has 1 aliphatic heterocycles. The second-order valence-electron chi connectivity index (χ2n) is 6.30. The molecule has 0 unspecified atom stereocenters. The Hall–Kier alpha value is -3.00. The number of nitrogens with one attached hydrogen (secondary N) is 1. The van der Waals surface area contributed by atoms with Gasteiger partial charge in [0.05, 0.1) is 24.6 Å². The number of aromatic nitrogens is 2. The van der Waals surface area contributed by atoms with Crippen LogP contribution in [-0.4, -0.2) is 66.6 Å². The molecule has 1 N–H and O–H groups in total. The smallest absolute Gasteiger partial charge is 0.338 e. The predicted molar refractivity (Wildman–Crippen MR) is 102 cm³/mol. The van der Waals surface area contributed by atoms with Gasteiger partial charge in [0.1, 0.15) is 11.5 Å². The van der Waals surface area contributed by atoms with E-state index in [1.54, 1.807) is 37.4 Å². The molecule has 1 amide bonds. The van der Waals surface area contributed by atoms with Crippen LogP contribution in [0.4, 0.5) is 11.5 Å². The Morgan fingerprint density at radius 1 is 1.07 bits per heavy atom. The number of nitrogens with zero attached hydrogens (tertiary/aromatic N) is 4. The molecule has 3 rings (SSSR count). The third-order valence-corrected chi connectivity index (χ3v) is 4.35. The van der Waals surface area contributed by atoms with Gasteiger partial charge in [-0.2, -0.15) is 0 Å². The molecule has 0 spiro atoms. The molecule has 1 aromatic carbocycles. The monoisotopic (exact) mass is 369 g/mol. The number of carbonyl (C=O) groups is 2. The van der Waals surface area contributed by atoms with Crippen LogP contribution in [0.15, 0.2) is 36.7 Å². The molecule has 0 bridgehead atoms. The molecule has 27 heavy (non-hydrogen) atoms. The van der Waals surface area contributed by atoms with Crippen molar-refractivity contribution in [2.75, 3.05) is 50.1 Å². The number of amides is 1. The van der Waals surface area contributed by atoms with E-state index in [0.29, 0.717) is 17.9 Å². The van der Waals surface area contributed by atoms with E-state index < -0.39 is 0 Å². The minimum atomic E-state index is -0.388. The first kappa shape index (κ1) is 18.8. The highest BCUT2D eigenvalue weighted by atomic mass is 16.5. The molecule has 2 heterocycles. The first-order valence-corrected chi connectivity index (χ1v) is 8.91. The van der Waals surface area contributed by atoms with E-state index in [2.05, 4.69) is 32.1 Å². The summed E-state index contributed by atoms with van der Waals surface area (Å²) in [5.41, 5.74) is 1.24. The number of anilines is 2. The fourth-order valence-corrected chi connectivity index (χ4v) is 2.74. The molecule has 142 valence electrons. The van der Waals surface area contributed by atoms with E-state index >= 15 is 0 Å². The van der Waals surface area contributed by atoms with Gasteiger partial charge >= 0.3 is 5.97 Å². The van der Waals surface area contributed by atoms with Crippen LogP contribution in [0.2, 0.25) is 0 Å². The maximum atomic E-state index is 12.3. The Kier molecular flexibility index (Phi) is 5.97. The Morgan fingerprint density at radius 3 is 2.37 bits per heavy atom. The summed E-state index contributed by atoms with van der Waals surface area (Å²) in [7, 11) is 2.09. The first-order chi connectivity index (χ1) is 13.1. The van der Waals surface area contributed by atoms with Crippen LogP contribution in [0.1, 0.15) is 27.8 Å². The van der Waals surface area contributed by atoms with Crippen LogP contribution in [0.5, 0.6) is 0 Å². The summed E-state index contributed by atoms with van der Waals surface area (Å²) in [5, 5.41) is 2.75. The van der Waals surface area contributed by atoms with Crippen LogP contribution >= 0.6 is 0 Å². The van der Waals surface area contributed by atoms with E-state index in [9.17, 15) is 9.59 Å². The molecule has 2 aromatic rings. The number of ether oxygens (including phenoxy) is 1. The van der Waals surface area contributed by atoms with Gasteiger partial charge in [-0.25, -0.2) is 14.8 Å². The minimum absolute atomic E-state index is 0.238. The molecule has 8 nitrogen and oxygen atoms in total. The Labute approximate surface area is 158 Å². The third-order valence-electron chi connectivity index (χ3n) is 4.35. The highest BCUT2D eigenvalue weighted by Crippen LogP contribution is 2.14. The number of carbonyl (C=O) groups excluding carboxylic acids is 2. The lowest BCUT2D eigenvalue weighted by Gasteiger charge is -2.32. The van der Waals surface area contributed by atoms with Crippen LogP contribution in [-0.2, 0) is 4.74 Å². The second kappa shape index (κ2) is 8.59. The zero-order valence-electron chi connectivity index (χ0n) is 15.5. The van der Waals surface area contributed by atoms with Gasteiger partial charge in [-0.1, -0.05) is 0 Å². The molecule has 0 radical (unpaired) electrons. The molecule has 0 saturated carbocycles. The lowest BCUT2D eigenvalue weighted by molar-refractivity contribution is 0.0526. The topological polar surface area (TPSA) is 87.7 Å². The lowest BCUT2D eigenvalue weighted by atomic mass is 10.2. The highest BCUT2D eigenvalue weighted by molar-refractivity contribution is 6.03. The van der Waals surface area contributed by atoms with Crippen LogP contribution in [0.3, 0.4) is 0 Å². The predicted octanol–water partition coefficient (Wildman–Crippen LogP) is 1.66. The fourth-order valence-electron chi connectivity index (χ4n) is 2.74. The van der Waals surface area contributed by atoms with Gasteiger partial charge in [-0.15, -0.1) is 0 Å². The minimum Gasteiger partial charge on any atom is -0.462 e. The van der Waals surface area contributed by atoms with Gasteiger partial charge in [-0.05, 0) is 38.2 Å². The van der Waals surface area contributed by atoms with Crippen molar-refractivity contribution < 1.29 is 14.3 Å². The van der Waals surface area contributed by atoms with Crippen molar-refractivity contribution >= 4 is 23.4 Å². The van der Waals surface area contributed by atoms with E-state index in [-0.39, 0.29) is 17.6 Å². The number of hydrogen-bond acceptors (Lipinski definition) is 7. The molecule has 1 saturated heterocycles. The lowest BCUT2D eigenvalue weighted by Crippen LogP contribution is -2.44. The van der Waals surface area contributed by atoms with E-state index in [0.717, 1.165) is 32.0 Å². The Morgan fingerprint density at radius 2 is 1.78 bits per heavy atom. The van der Waals surface area contributed by atoms with Crippen molar-refractivity contribution in [3.8, 4) is 0 Å². The summed E-state index contributed by atoms with van der Waals surface area (Å²) in [4.78, 5) is 37.0. The van der Waals surface area contributed by atoms with Crippen LogP contribution in [0.25, 0.3) is 0 Å². The van der Waals surface area contributed by atoms with Gasteiger partial charge in [0, 0.05) is 31.9 Å². The van der Waals surface area contributed by atoms with Gasteiger partial charge in [0.25, 0.3) is 5.91 Å². The first-order valence-electron chi connectivity index (χ1n) is 8.91. The molecule has 0 aliphatic carbocycles. The maximum Gasteiger partial charge on any atom is 0.338 e. The van der Waals surface area contributed by atoms with E-state index in [1.807, 2.05) is 0 Å². The average molecular weight is 369 g/mol. The Balaban J connectivity index is 1.60. The molecule has 0 atom stereocenters. The summed E-state index contributed by atoms with van der Waals surface area (Å²) in [6.07, 6.45) is 3.11. The van der Waals surface area contributed by atoms with Crippen LogP contribution < -0.4 is 10.2 Å². The molecule has 1 aromatic heterocycles. The van der Waals surface area contributed by atoms with Crippen molar-refractivity contribution in [2.45, 2.75) is 6.92 Å². The van der Waals surface area contributed by atoms with Crippen molar-refractivity contribution in [1.29, 1.82) is 0 Å². The van der Waals surface area contributed by atoms with Gasteiger partial charge in [0.2, 0.25) is 0 Å². The van der Waals surface area contributed by atoms with Crippen molar-refractivity contribution in [3.05, 3.63) is 47.9 Å². The standard InChI is InChI=1S/C19H23N5O3/c1-3-27-19(26)14-4-6-15(7-5-14)22-18(25)16-12-21-17(13-20-16)24-10-8-23(2)9-11-24/h4-7,12-13H,3,8-11H2,1-2H3,(H,22,25). The van der Waals surface area contributed by atoms with Crippen molar-refractivity contribution in [1.82, 2.24) is 14.9 Å². The normalized spacial score (nSPS) is 14.7. The zero-order chi connectivity index (χ0) is 19.2. The highest BCUT2D eigenvalue weighted by Gasteiger charge is 2.16. The third kappa shape index (κ3) is 4.79. The van der Waals surface area contributed by atoms with Gasteiger partial charge in [-0.3, -0.25) is 4.79 Å². The number of benzene rings is 1. The fraction of sp³-hybridized carbons (Fsp3) is 0.368. The molecule has 1 aliphatic rings. The summed E-state index contributed by atoms with van der Waals surface area (Å²) < 4.78 is 4.93. The largest absolute Gasteiger partial charge is 0.462 e. The molecule has 8 heteroatoms. The Bertz CT molecular complexity index is 784. The summed E-state index contributed by atoms with van der Waals surface area (Å²) >= 11 is 0. The van der Waals surface area contributed by atoms with Gasteiger partial charge < -0.3 is 19.9 Å². The molecular weight excluding hydrogens is 346 g/mol. The van der Waals surface area contributed by atoms with Gasteiger partial charge in [0.15, 0.2) is 0 Å². The zero-order valence-corrected chi connectivity index (χ0v) is 15.5. The van der Waals surface area contributed by atoms with Crippen molar-refractivity contribution in [3.63, 3.8) is 0 Å². The molecule has 1 fully saturated rings. The summed E-state index contributed by atoms with van der Waals surface area (Å²) in [5.74, 6) is 0.0375. The maximum absolute atomic E-state index is 12.3. The average Bonchev–Trinajstić information content (AvgIpc) is 2.69. The number of esters is 1. The van der Waals surface area contributed by atoms with Crippen LogP contribution in [0, 0.1) is 0 Å². The number of rotatable bonds is 5. The number of piperazine rings is 1. The molecular formula is C19H23N5O3. The second-order valence-corrected chi connectivity index (χ2v) is 6.30. The quantitative estimate of drug-likeness (QED) is 0.802. The summed E-state index contributed by atoms with van der Waals surface area (Å²) in [6.45, 7) is 5.81. The SMILES string of the molecule is CCOC(=O)c1ccc(NC(=O)c2cnc(N3CCN(C)CC3)cn2)cc1. The number of likely N-dealkylation sites (N-methyl/N-ethyl adjacent to an activating group) is 1. The van der Waals surface area contributed by atoms with E-state index in [4.69, 9.17) is 4.74 Å². The number of hydrogen-bond donors (Lipinski definition) is 1. The van der Waals surface area contributed by atoms with E-state index in [1.165, 1.54) is 6.20 Å².